The van der Waals surface area contributed by atoms with E-state index in [9.17, 15) is 4.39 Å². The van der Waals surface area contributed by atoms with Crippen molar-refractivity contribution >= 4 is 11.5 Å². The van der Waals surface area contributed by atoms with Crippen molar-refractivity contribution in [3.63, 3.8) is 0 Å². The largest absolute Gasteiger partial charge is 0.366 e. The smallest absolute Gasteiger partial charge is 0.157 e. The molecule has 0 saturated carbocycles. The van der Waals surface area contributed by atoms with Crippen LogP contribution < -0.4 is 5.32 Å². The summed E-state index contributed by atoms with van der Waals surface area (Å²) in [6.07, 6.45) is 3.50. The number of anilines is 1. The van der Waals surface area contributed by atoms with Crippen molar-refractivity contribution in [3.8, 4) is 0 Å². The van der Waals surface area contributed by atoms with Crippen LogP contribution in [0.2, 0.25) is 0 Å². The van der Waals surface area contributed by atoms with Crippen LogP contribution >= 0.6 is 0 Å². The predicted octanol–water partition coefficient (Wildman–Crippen LogP) is 2.48. The van der Waals surface area contributed by atoms with Gasteiger partial charge in [0, 0.05) is 24.4 Å². The Morgan fingerprint density at radius 1 is 1.17 bits per heavy atom. The summed E-state index contributed by atoms with van der Waals surface area (Å²) in [6.45, 7) is 0.407. The van der Waals surface area contributed by atoms with E-state index in [0.29, 0.717) is 17.9 Å². The van der Waals surface area contributed by atoms with Gasteiger partial charge in [-0.15, -0.1) is 0 Å². The van der Waals surface area contributed by atoms with E-state index < -0.39 is 0 Å². The van der Waals surface area contributed by atoms with Gasteiger partial charge in [-0.3, -0.25) is 0 Å². The molecule has 0 atom stereocenters. The maximum absolute atomic E-state index is 13.4. The fraction of sp³-hybridized carbons (Fsp3) is 0.0769. The van der Waals surface area contributed by atoms with Gasteiger partial charge in [0.2, 0.25) is 0 Å². The lowest BCUT2D eigenvalue weighted by atomic mass is 10.2. The molecule has 2 heterocycles. The summed E-state index contributed by atoms with van der Waals surface area (Å²) < 4.78 is 15.1. The molecule has 0 aliphatic carbocycles. The first-order chi connectivity index (χ1) is 8.83. The average molecular weight is 242 g/mol. The first-order valence-corrected chi connectivity index (χ1v) is 5.60. The molecule has 18 heavy (non-hydrogen) atoms. The van der Waals surface area contributed by atoms with Crippen LogP contribution in [0.25, 0.3) is 5.65 Å². The molecule has 2 aromatic heterocycles. The lowest BCUT2D eigenvalue weighted by molar-refractivity contribution is 0.613. The molecular weight excluding hydrogens is 231 g/mol. The van der Waals surface area contributed by atoms with Crippen molar-refractivity contribution in [3.05, 3.63) is 60.2 Å². The van der Waals surface area contributed by atoms with Gasteiger partial charge in [0.15, 0.2) is 5.65 Å². The molecule has 0 saturated heterocycles. The maximum atomic E-state index is 13.4. The molecule has 0 radical (unpaired) electrons. The Morgan fingerprint density at radius 3 is 2.94 bits per heavy atom. The summed E-state index contributed by atoms with van der Waals surface area (Å²) >= 11 is 0. The molecule has 3 aromatic rings. The zero-order valence-electron chi connectivity index (χ0n) is 9.55. The van der Waals surface area contributed by atoms with Gasteiger partial charge in [-0.2, -0.15) is 5.10 Å². The minimum atomic E-state index is -0.213. The molecule has 0 unspecified atom stereocenters. The quantitative estimate of drug-likeness (QED) is 0.767. The summed E-state index contributed by atoms with van der Waals surface area (Å²) in [7, 11) is 0. The molecule has 0 bridgehead atoms. The predicted molar refractivity (Wildman–Crippen MR) is 66.7 cm³/mol. The lowest BCUT2D eigenvalue weighted by Crippen LogP contribution is -2.04. The number of halogens is 1. The summed E-state index contributed by atoms with van der Waals surface area (Å²) in [5, 5.41) is 7.15. The summed E-state index contributed by atoms with van der Waals surface area (Å²) in [6, 6.07) is 10.3. The van der Waals surface area contributed by atoms with Gasteiger partial charge >= 0.3 is 0 Å². The monoisotopic (exact) mass is 242 g/mol. The van der Waals surface area contributed by atoms with Crippen LogP contribution in [0.3, 0.4) is 0 Å². The molecule has 90 valence electrons. The minimum Gasteiger partial charge on any atom is -0.366 e. The van der Waals surface area contributed by atoms with Crippen LogP contribution in [0, 0.1) is 5.82 Å². The third-order valence-corrected chi connectivity index (χ3v) is 2.68. The number of hydrogen-bond donors (Lipinski definition) is 1. The molecule has 0 spiro atoms. The van der Waals surface area contributed by atoms with Crippen molar-refractivity contribution in [2.24, 2.45) is 0 Å². The first kappa shape index (κ1) is 10.7. The molecule has 4 nitrogen and oxygen atoms in total. The van der Waals surface area contributed by atoms with E-state index in [1.807, 2.05) is 18.3 Å². The highest BCUT2D eigenvalue weighted by Crippen LogP contribution is 2.10. The summed E-state index contributed by atoms with van der Waals surface area (Å²) in [5.74, 6) is 0.488. The second kappa shape index (κ2) is 4.44. The SMILES string of the molecule is Fc1ccccc1CNc1ccn2nccc2n1. The number of nitrogens with one attached hydrogen (secondary N) is 1. The number of hydrogen-bond acceptors (Lipinski definition) is 3. The van der Waals surface area contributed by atoms with Gasteiger partial charge in [0.1, 0.15) is 11.6 Å². The van der Waals surface area contributed by atoms with Gasteiger partial charge in [0.05, 0.1) is 6.20 Å². The van der Waals surface area contributed by atoms with Crippen molar-refractivity contribution in [1.29, 1.82) is 0 Å². The van der Waals surface area contributed by atoms with E-state index in [1.165, 1.54) is 6.07 Å². The van der Waals surface area contributed by atoms with E-state index >= 15 is 0 Å². The molecular formula is C13H11FN4. The molecule has 1 aromatic carbocycles. The fourth-order valence-corrected chi connectivity index (χ4v) is 1.74. The highest BCUT2D eigenvalue weighted by Gasteiger charge is 2.02. The standard InChI is InChI=1S/C13H11FN4/c14-11-4-2-1-3-10(11)9-15-12-6-8-18-13(17-12)5-7-16-18/h1-8H,9H2,(H,15,17). The molecule has 3 rings (SSSR count). The van der Waals surface area contributed by atoms with Crippen LogP contribution in [-0.2, 0) is 6.54 Å². The fourth-order valence-electron chi connectivity index (χ4n) is 1.74. The highest BCUT2D eigenvalue weighted by atomic mass is 19.1. The number of rotatable bonds is 3. The number of aromatic nitrogens is 3. The van der Waals surface area contributed by atoms with Gasteiger partial charge in [-0.25, -0.2) is 13.9 Å². The summed E-state index contributed by atoms with van der Waals surface area (Å²) in [4.78, 5) is 4.35. The van der Waals surface area contributed by atoms with Gasteiger partial charge in [-0.1, -0.05) is 18.2 Å². The minimum absolute atomic E-state index is 0.213. The van der Waals surface area contributed by atoms with Gasteiger partial charge < -0.3 is 5.32 Å². The van der Waals surface area contributed by atoms with E-state index in [0.717, 1.165) is 5.65 Å². The Bertz CT molecular complexity index is 677. The molecule has 0 aliphatic rings. The van der Waals surface area contributed by atoms with Crippen molar-refractivity contribution < 1.29 is 4.39 Å². The zero-order valence-corrected chi connectivity index (χ0v) is 9.55. The zero-order chi connectivity index (χ0) is 12.4. The van der Waals surface area contributed by atoms with Crippen molar-refractivity contribution in [2.45, 2.75) is 6.54 Å². The maximum Gasteiger partial charge on any atom is 0.157 e. The van der Waals surface area contributed by atoms with Crippen LogP contribution in [0.1, 0.15) is 5.56 Å². The van der Waals surface area contributed by atoms with E-state index in [-0.39, 0.29) is 5.82 Å². The number of fused-ring (bicyclic) bond motifs is 1. The molecule has 5 heteroatoms. The highest BCUT2D eigenvalue weighted by molar-refractivity contribution is 5.45. The Morgan fingerprint density at radius 2 is 2.06 bits per heavy atom. The number of benzene rings is 1. The molecule has 0 aliphatic heterocycles. The Kier molecular flexibility index (Phi) is 2.64. The van der Waals surface area contributed by atoms with E-state index in [2.05, 4.69) is 15.4 Å². The van der Waals surface area contributed by atoms with Crippen molar-refractivity contribution in [1.82, 2.24) is 14.6 Å². The Balaban J connectivity index is 1.78. The number of nitrogens with zero attached hydrogens (tertiary/aromatic N) is 3. The Hall–Kier alpha value is -2.43. The normalized spacial score (nSPS) is 10.7. The first-order valence-electron chi connectivity index (χ1n) is 5.60. The summed E-state index contributed by atoms with van der Waals surface area (Å²) in [5.41, 5.74) is 1.38. The average Bonchev–Trinajstić information content (AvgIpc) is 2.85. The van der Waals surface area contributed by atoms with E-state index in [4.69, 9.17) is 0 Å². The van der Waals surface area contributed by atoms with Gasteiger partial charge in [-0.05, 0) is 12.1 Å². The molecule has 0 amide bonds. The second-order valence-electron chi connectivity index (χ2n) is 3.89. The van der Waals surface area contributed by atoms with Crippen LogP contribution in [-0.4, -0.2) is 14.6 Å². The van der Waals surface area contributed by atoms with Crippen LogP contribution in [0.5, 0.6) is 0 Å². The van der Waals surface area contributed by atoms with Crippen molar-refractivity contribution in [2.75, 3.05) is 5.32 Å². The van der Waals surface area contributed by atoms with Crippen LogP contribution in [0.4, 0.5) is 10.2 Å². The Labute approximate surface area is 103 Å². The topological polar surface area (TPSA) is 42.2 Å². The second-order valence-corrected chi connectivity index (χ2v) is 3.89. The third kappa shape index (κ3) is 2.02. The van der Waals surface area contributed by atoms with Crippen LogP contribution in [0.15, 0.2) is 48.8 Å². The van der Waals surface area contributed by atoms with E-state index in [1.54, 1.807) is 28.9 Å². The van der Waals surface area contributed by atoms with Gasteiger partial charge in [0.25, 0.3) is 0 Å². The third-order valence-electron chi connectivity index (χ3n) is 2.68. The molecule has 1 N–H and O–H groups in total. The molecule has 0 fully saturated rings. The lowest BCUT2D eigenvalue weighted by Gasteiger charge is -2.06.